The standard InChI is InChI=1S/C23H33Cl2N5O2/c24-17-12-15(18(27)6-10-28-9-5-3-1-2-4-8-26)21-16-13-30(20(32)14-31)11-7-19(16)29-23(21)22(17)25/h6,10,12,18,28-29,31H,1-5,7-9,11,13-14,26-27H2/b10-6-. The first kappa shape index (κ1) is 24.9. The number of hydrogen-bond donors (Lipinski definition) is 5. The second-order valence-corrected chi connectivity index (χ2v) is 9.00. The normalized spacial score (nSPS) is 14.8. The van der Waals surface area contributed by atoms with Gasteiger partial charge in [-0.1, -0.05) is 42.5 Å². The number of unbranched alkanes of at least 4 members (excludes halogenated alkanes) is 4. The highest BCUT2D eigenvalue weighted by atomic mass is 35.5. The molecule has 3 rings (SSSR count). The Bertz CT molecular complexity index is 960. The molecule has 1 aromatic heterocycles. The Morgan fingerprint density at radius 3 is 2.78 bits per heavy atom. The number of carbonyl (C=O) groups is 1. The van der Waals surface area contributed by atoms with Crippen LogP contribution in [0, 0.1) is 0 Å². The van der Waals surface area contributed by atoms with Gasteiger partial charge in [0.2, 0.25) is 5.91 Å². The molecule has 1 aliphatic rings. The number of carbonyl (C=O) groups excluding carboxylic acids is 1. The summed E-state index contributed by atoms with van der Waals surface area (Å²) in [5, 5.41) is 14.3. The third-order valence-electron chi connectivity index (χ3n) is 5.97. The number of hydrogen-bond acceptors (Lipinski definition) is 5. The maximum absolute atomic E-state index is 12.0. The van der Waals surface area contributed by atoms with E-state index in [4.69, 9.17) is 34.7 Å². The van der Waals surface area contributed by atoms with Gasteiger partial charge in [-0.05, 0) is 43.3 Å². The predicted molar refractivity (Wildman–Crippen MR) is 131 cm³/mol. The second kappa shape index (κ2) is 11.9. The molecule has 0 spiro atoms. The molecule has 0 fully saturated rings. The zero-order valence-corrected chi connectivity index (χ0v) is 19.8. The molecule has 2 aromatic rings. The van der Waals surface area contributed by atoms with Crippen molar-refractivity contribution in [1.82, 2.24) is 15.2 Å². The van der Waals surface area contributed by atoms with Crippen molar-refractivity contribution in [2.24, 2.45) is 11.5 Å². The van der Waals surface area contributed by atoms with Crippen molar-refractivity contribution in [3.05, 3.63) is 45.2 Å². The van der Waals surface area contributed by atoms with Gasteiger partial charge in [-0.3, -0.25) is 4.79 Å². The van der Waals surface area contributed by atoms with Gasteiger partial charge in [-0.25, -0.2) is 0 Å². The number of nitrogens with two attached hydrogens (primary N) is 2. The molecule has 1 amide bonds. The summed E-state index contributed by atoms with van der Waals surface area (Å²) in [5.74, 6) is -0.289. The Morgan fingerprint density at radius 2 is 2.03 bits per heavy atom. The molecule has 0 saturated heterocycles. The number of halogens is 2. The molecule has 0 bridgehead atoms. The lowest BCUT2D eigenvalue weighted by Crippen LogP contribution is -2.37. The molecule has 9 heteroatoms. The van der Waals surface area contributed by atoms with Crippen LogP contribution >= 0.6 is 23.2 Å². The van der Waals surface area contributed by atoms with Gasteiger partial charge in [0, 0.05) is 42.7 Å². The van der Waals surface area contributed by atoms with E-state index in [2.05, 4.69) is 10.3 Å². The molecule has 0 saturated carbocycles. The van der Waals surface area contributed by atoms with Crippen LogP contribution in [0.3, 0.4) is 0 Å². The first-order valence-electron chi connectivity index (χ1n) is 11.2. The number of fused-ring (bicyclic) bond motifs is 3. The summed E-state index contributed by atoms with van der Waals surface area (Å²) in [7, 11) is 0. The minimum atomic E-state index is -0.502. The summed E-state index contributed by atoms with van der Waals surface area (Å²) in [6, 6.07) is 1.41. The molecular weight excluding hydrogens is 449 g/mol. The molecule has 32 heavy (non-hydrogen) atoms. The average Bonchev–Trinajstić information content (AvgIpc) is 3.18. The van der Waals surface area contributed by atoms with E-state index in [0.29, 0.717) is 29.6 Å². The van der Waals surface area contributed by atoms with E-state index in [0.717, 1.165) is 53.7 Å². The number of amides is 1. The lowest BCUT2D eigenvalue weighted by atomic mass is 9.96. The third kappa shape index (κ3) is 5.77. The number of nitrogens with one attached hydrogen (secondary N) is 2. The molecule has 2 heterocycles. The van der Waals surface area contributed by atoms with Crippen LogP contribution in [0.5, 0.6) is 0 Å². The Balaban J connectivity index is 1.74. The largest absolute Gasteiger partial charge is 0.391 e. The molecule has 1 aromatic carbocycles. The van der Waals surface area contributed by atoms with E-state index < -0.39 is 12.6 Å². The maximum Gasteiger partial charge on any atom is 0.248 e. The van der Waals surface area contributed by atoms with Crippen LogP contribution in [0.15, 0.2) is 18.3 Å². The maximum atomic E-state index is 12.0. The van der Waals surface area contributed by atoms with Crippen molar-refractivity contribution < 1.29 is 9.90 Å². The van der Waals surface area contributed by atoms with Gasteiger partial charge < -0.3 is 31.8 Å². The highest BCUT2D eigenvalue weighted by Gasteiger charge is 2.27. The summed E-state index contributed by atoms with van der Waals surface area (Å²) in [4.78, 5) is 17.1. The minimum Gasteiger partial charge on any atom is -0.391 e. The summed E-state index contributed by atoms with van der Waals surface area (Å²) in [5.41, 5.74) is 15.6. The van der Waals surface area contributed by atoms with Crippen molar-refractivity contribution in [3.8, 4) is 0 Å². The van der Waals surface area contributed by atoms with Crippen LogP contribution in [0.1, 0.15) is 55.0 Å². The number of aliphatic hydroxyl groups excluding tert-OH is 1. The first-order chi connectivity index (χ1) is 15.5. The van der Waals surface area contributed by atoms with Crippen LogP contribution in [0.25, 0.3) is 10.9 Å². The van der Waals surface area contributed by atoms with Crippen molar-refractivity contribution in [2.45, 2.75) is 51.1 Å². The van der Waals surface area contributed by atoms with Crippen LogP contribution in [0.4, 0.5) is 0 Å². The number of rotatable bonds is 11. The second-order valence-electron chi connectivity index (χ2n) is 8.21. The molecule has 0 radical (unpaired) electrons. The van der Waals surface area contributed by atoms with Crippen LogP contribution in [-0.4, -0.2) is 47.1 Å². The minimum absolute atomic E-state index is 0.289. The zero-order valence-electron chi connectivity index (χ0n) is 18.3. The summed E-state index contributed by atoms with van der Waals surface area (Å²) in [6.45, 7) is 2.10. The topological polar surface area (TPSA) is 120 Å². The van der Waals surface area contributed by atoms with E-state index in [-0.39, 0.29) is 5.91 Å². The van der Waals surface area contributed by atoms with Gasteiger partial charge in [0.1, 0.15) is 6.61 Å². The highest BCUT2D eigenvalue weighted by molar-refractivity contribution is 6.45. The molecule has 1 unspecified atom stereocenters. The monoisotopic (exact) mass is 481 g/mol. The lowest BCUT2D eigenvalue weighted by molar-refractivity contribution is -0.135. The van der Waals surface area contributed by atoms with E-state index in [1.807, 2.05) is 12.3 Å². The summed E-state index contributed by atoms with van der Waals surface area (Å²) in [6.07, 6.45) is 10.2. The van der Waals surface area contributed by atoms with Crippen LogP contribution in [-0.2, 0) is 17.8 Å². The quantitative estimate of drug-likeness (QED) is 0.315. The average molecular weight is 482 g/mol. The molecule has 7 nitrogen and oxygen atoms in total. The molecule has 7 N–H and O–H groups in total. The lowest BCUT2D eigenvalue weighted by Gasteiger charge is -2.27. The molecule has 0 aliphatic carbocycles. The van der Waals surface area contributed by atoms with Gasteiger partial charge in [0.25, 0.3) is 0 Å². The Kier molecular flexibility index (Phi) is 9.25. The molecular formula is C23H33Cl2N5O2. The molecule has 1 atom stereocenters. The van der Waals surface area contributed by atoms with Crippen molar-refractivity contribution in [1.29, 1.82) is 0 Å². The zero-order chi connectivity index (χ0) is 23.1. The van der Waals surface area contributed by atoms with Crippen molar-refractivity contribution in [3.63, 3.8) is 0 Å². The third-order valence-corrected chi connectivity index (χ3v) is 6.75. The first-order valence-corrected chi connectivity index (χ1v) is 12.0. The molecule has 176 valence electrons. The van der Waals surface area contributed by atoms with E-state index in [1.165, 1.54) is 19.3 Å². The smallest absolute Gasteiger partial charge is 0.248 e. The Hall–Kier alpha value is -1.77. The Labute approximate surface area is 199 Å². The van der Waals surface area contributed by atoms with Gasteiger partial charge in [-0.15, -0.1) is 0 Å². The van der Waals surface area contributed by atoms with Gasteiger partial charge in [0.15, 0.2) is 0 Å². The summed E-state index contributed by atoms with van der Waals surface area (Å²) < 4.78 is 0. The number of aromatic nitrogens is 1. The highest BCUT2D eigenvalue weighted by Crippen LogP contribution is 2.40. The number of aliphatic hydroxyl groups is 1. The van der Waals surface area contributed by atoms with Crippen molar-refractivity contribution >= 4 is 40.0 Å². The number of H-pyrrole nitrogens is 1. The fourth-order valence-corrected chi connectivity index (χ4v) is 4.61. The van der Waals surface area contributed by atoms with Gasteiger partial charge in [0.05, 0.1) is 21.6 Å². The van der Waals surface area contributed by atoms with Crippen LogP contribution in [0.2, 0.25) is 10.0 Å². The predicted octanol–water partition coefficient (Wildman–Crippen LogP) is 3.36. The number of benzene rings is 1. The summed E-state index contributed by atoms with van der Waals surface area (Å²) >= 11 is 12.9. The SMILES string of the molecule is NCCCCCCCN/C=C\C(N)c1cc(Cl)c(Cl)c2[nH]c3c(c12)CN(C(=O)CO)CC3. The van der Waals surface area contributed by atoms with E-state index >= 15 is 0 Å². The van der Waals surface area contributed by atoms with Gasteiger partial charge >= 0.3 is 0 Å². The fraction of sp³-hybridized carbons (Fsp3) is 0.522. The molecule has 1 aliphatic heterocycles. The fourth-order valence-electron chi connectivity index (χ4n) is 4.21. The van der Waals surface area contributed by atoms with Crippen molar-refractivity contribution in [2.75, 3.05) is 26.2 Å². The van der Waals surface area contributed by atoms with E-state index in [1.54, 1.807) is 11.0 Å². The Morgan fingerprint density at radius 1 is 1.28 bits per heavy atom. The number of aromatic amines is 1. The van der Waals surface area contributed by atoms with Gasteiger partial charge in [-0.2, -0.15) is 0 Å². The number of nitrogens with zero attached hydrogens (tertiary/aromatic N) is 1. The van der Waals surface area contributed by atoms with Crippen LogP contribution < -0.4 is 16.8 Å². The van der Waals surface area contributed by atoms with E-state index in [9.17, 15) is 9.90 Å².